The van der Waals surface area contributed by atoms with E-state index in [1.54, 1.807) is 6.07 Å². The summed E-state index contributed by atoms with van der Waals surface area (Å²) in [5.74, 6) is 1.05. The molecule has 0 saturated carbocycles. The van der Waals surface area contributed by atoms with Crippen LogP contribution in [0.2, 0.25) is 0 Å². The molecule has 1 aliphatic heterocycles. The summed E-state index contributed by atoms with van der Waals surface area (Å²) in [5, 5.41) is 12.7. The van der Waals surface area contributed by atoms with Crippen LogP contribution in [-0.4, -0.2) is 24.3 Å². The van der Waals surface area contributed by atoms with Crippen LogP contribution in [-0.2, 0) is 0 Å². The molecule has 0 spiro atoms. The second-order valence-electron chi connectivity index (χ2n) is 3.68. The van der Waals surface area contributed by atoms with Gasteiger partial charge in [0.25, 0.3) is 0 Å². The molecule has 0 radical (unpaired) electrons. The van der Waals surface area contributed by atoms with E-state index in [2.05, 4.69) is 5.32 Å². The summed E-state index contributed by atoms with van der Waals surface area (Å²) in [5.41, 5.74) is 0.877. The molecule has 1 unspecified atom stereocenters. The topological polar surface area (TPSA) is 41.5 Å². The standard InChI is InChI=1S/C11H15NO2/c1-8-2-3-9(6-11(8)13)14-10-4-5-12-7-10/h2-3,6,10,12-13H,4-5,7H2,1H3. The molecule has 76 valence electrons. The number of aryl methyl sites for hydroxylation is 1. The highest BCUT2D eigenvalue weighted by Crippen LogP contribution is 2.24. The van der Waals surface area contributed by atoms with Crippen LogP contribution < -0.4 is 10.1 Å². The van der Waals surface area contributed by atoms with Crippen molar-refractivity contribution in [2.24, 2.45) is 0 Å². The molecule has 0 bridgehead atoms. The van der Waals surface area contributed by atoms with Gasteiger partial charge in [-0.05, 0) is 31.5 Å². The number of nitrogens with one attached hydrogen (secondary N) is 1. The molecule has 14 heavy (non-hydrogen) atoms. The van der Waals surface area contributed by atoms with Crippen LogP contribution in [0.1, 0.15) is 12.0 Å². The largest absolute Gasteiger partial charge is 0.508 e. The van der Waals surface area contributed by atoms with Gasteiger partial charge in [-0.15, -0.1) is 0 Å². The molecule has 2 rings (SSSR count). The van der Waals surface area contributed by atoms with E-state index in [4.69, 9.17) is 4.74 Å². The number of ether oxygens (including phenoxy) is 1. The third-order valence-corrected chi connectivity index (χ3v) is 2.50. The lowest BCUT2D eigenvalue weighted by Crippen LogP contribution is -2.19. The molecule has 1 aromatic rings. The molecule has 3 nitrogen and oxygen atoms in total. The van der Waals surface area contributed by atoms with Crippen molar-refractivity contribution >= 4 is 0 Å². The monoisotopic (exact) mass is 193 g/mol. The minimum absolute atomic E-state index is 0.247. The Kier molecular flexibility index (Phi) is 2.59. The van der Waals surface area contributed by atoms with Gasteiger partial charge in [0.2, 0.25) is 0 Å². The molecule has 3 heteroatoms. The van der Waals surface area contributed by atoms with E-state index in [0.717, 1.165) is 30.8 Å². The van der Waals surface area contributed by atoms with Crippen LogP contribution in [0.3, 0.4) is 0 Å². The second-order valence-corrected chi connectivity index (χ2v) is 3.68. The quantitative estimate of drug-likeness (QED) is 0.746. The number of aromatic hydroxyl groups is 1. The Bertz CT molecular complexity index is 319. The molecule has 1 aliphatic rings. The van der Waals surface area contributed by atoms with E-state index >= 15 is 0 Å². The number of rotatable bonds is 2. The lowest BCUT2D eigenvalue weighted by molar-refractivity contribution is 0.222. The molecule has 1 saturated heterocycles. The maximum absolute atomic E-state index is 9.48. The third kappa shape index (κ3) is 1.99. The number of hydrogen-bond donors (Lipinski definition) is 2. The highest BCUT2D eigenvalue weighted by atomic mass is 16.5. The van der Waals surface area contributed by atoms with E-state index < -0.39 is 0 Å². The first kappa shape index (κ1) is 9.34. The number of hydrogen-bond acceptors (Lipinski definition) is 3. The molecule has 0 aromatic heterocycles. The van der Waals surface area contributed by atoms with Crippen LogP contribution in [0, 0.1) is 6.92 Å². The van der Waals surface area contributed by atoms with E-state index in [9.17, 15) is 5.11 Å². The molecular formula is C11H15NO2. The smallest absolute Gasteiger partial charge is 0.123 e. The van der Waals surface area contributed by atoms with Crippen LogP contribution in [0.5, 0.6) is 11.5 Å². The average Bonchev–Trinajstić information content (AvgIpc) is 2.64. The minimum atomic E-state index is 0.247. The Balaban J connectivity index is 2.05. The van der Waals surface area contributed by atoms with Crippen LogP contribution >= 0.6 is 0 Å². The molecule has 2 N–H and O–H groups in total. The summed E-state index contributed by atoms with van der Waals surface area (Å²) in [4.78, 5) is 0. The molecule has 1 heterocycles. The Hall–Kier alpha value is -1.22. The van der Waals surface area contributed by atoms with Gasteiger partial charge in [-0.2, -0.15) is 0 Å². The predicted molar refractivity (Wildman–Crippen MR) is 54.7 cm³/mol. The highest BCUT2D eigenvalue weighted by Gasteiger charge is 2.15. The summed E-state index contributed by atoms with van der Waals surface area (Å²) in [6.07, 6.45) is 1.28. The van der Waals surface area contributed by atoms with Gasteiger partial charge in [-0.3, -0.25) is 0 Å². The molecule has 1 fully saturated rings. The van der Waals surface area contributed by atoms with Crippen molar-refractivity contribution < 1.29 is 9.84 Å². The number of phenolic OH excluding ortho intramolecular Hbond substituents is 1. The van der Waals surface area contributed by atoms with Crippen molar-refractivity contribution in [3.05, 3.63) is 23.8 Å². The van der Waals surface area contributed by atoms with Crippen LogP contribution in [0.15, 0.2) is 18.2 Å². The van der Waals surface area contributed by atoms with Gasteiger partial charge in [0.15, 0.2) is 0 Å². The van der Waals surface area contributed by atoms with Crippen molar-refractivity contribution in [1.82, 2.24) is 5.32 Å². The molecule has 0 aliphatic carbocycles. The fraction of sp³-hybridized carbons (Fsp3) is 0.455. The Morgan fingerprint density at radius 2 is 2.36 bits per heavy atom. The zero-order valence-corrected chi connectivity index (χ0v) is 8.29. The normalized spacial score (nSPS) is 21.1. The fourth-order valence-corrected chi connectivity index (χ4v) is 1.58. The van der Waals surface area contributed by atoms with Gasteiger partial charge in [0.1, 0.15) is 17.6 Å². The van der Waals surface area contributed by atoms with Crippen molar-refractivity contribution in [1.29, 1.82) is 0 Å². The van der Waals surface area contributed by atoms with Crippen LogP contribution in [0.25, 0.3) is 0 Å². The number of benzene rings is 1. The number of phenols is 1. The van der Waals surface area contributed by atoms with Gasteiger partial charge in [-0.1, -0.05) is 6.07 Å². The second kappa shape index (κ2) is 3.88. The van der Waals surface area contributed by atoms with E-state index in [-0.39, 0.29) is 6.10 Å². The Morgan fingerprint density at radius 1 is 1.50 bits per heavy atom. The first-order chi connectivity index (χ1) is 6.75. The Labute approximate surface area is 83.7 Å². The first-order valence-electron chi connectivity index (χ1n) is 4.93. The fourth-order valence-electron chi connectivity index (χ4n) is 1.58. The minimum Gasteiger partial charge on any atom is -0.508 e. The first-order valence-corrected chi connectivity index (χ1v) is 4.93. The van der Waals surface area contributed by atoms with Gasteiger partial charge >= 0.3 is 0 Å². The van der Waals surface area contributed by atoms with E-state index in [1.165, 1.54) is 0 Å². The zero-order valence-electron chi connectivity index (χ0n) is 8.29. The van der Waals surface area contributed by atoms with E-state index in [1.807, 2.05) is 19.1 Å². The van der Waals surface area contributed by atoms with Gasteiger partial charge < -0.3 is 15.2 Å². The van der Waals surface area contributed by atoms with Gasteiger partial charge in [-0.25, -0.2) is 0 Å². The van der Waals surface area contributed by atoms with Crippen molar-refractivity contribution in [2.45, 2.75) is 19.4 Å². The molecule has 1 aromatic carbocycles. The summed E-state index contributed by atoms with van der Waals surface area (Å²) >= 11 is 0. The van der Waals surface area contributed by atoms with Gasteiger partial charge in [0, 0.05) is 12.6 Å². The van der Waals surface area contributed by atoms with Crippen molar-refractivity contribution in [3.63, 3.8) is 0 Å². The maximum atomic E-state index is 9.48. The highest BCUT2D eigenvalue weighted by molar-refractivity contribution is 5.38. The molecular weight excluding hydrogens is 178 g/mol. The van der Waals surface area contributed by atoms with Crippen molar-refractivity contribution in [3.8, 4) is 11.5 Å². The summed E-state index contributed by atoms with van der Waals surface area (Å²) < 4.78 is 5.69. The van der Waals surface area contributed by atoms with E-state index in [0.29, 0.717) is 5.75 Å². The summed E-state index contributed by atoms with van der Waals surface area (Å²) in [7, 11) is 0. The summed E-state index contributed by atoms with van der Waals surface area (Å²) in [6, 6.07) is 5.44. The summed E-state index contributed by atoms with van der Waals surface area (Å²) in [6.45, 7) is 3.79. The molecule has 1 atom stereocenters. The lowest BCUT2D eigenvalue weighted by Gasteiger charge is -2.12. The molecule has 0 amide bonds. The average molecular weight is 193 g/mol. The maximum Gasteiger partial charge on any atom is 0.123 e. The SMILES string of the molecule is Cc1ccc(OC2CCNC2)cc1O. The lowest BCUT2D eigenvalue weighted by atomic mass is 10.2. The predicted octanol–water partition coefficient (Wildman–Crippen LogP) is 1.44. The zero-order chi connectivity index (χ0) is 9.97. The van der Waals surface area contributed by atoms with Crippen molar-refractivity contribution in [2.75, 3.05) is 13.1 Å². The van der Waals surface area contributed by atoms with Crippen LogP contribution in [0.4, 0.5) is 0 Å². The third-order valence-electron chi connectivity index (χ3n) is 2.50. The Morgan fingerprint density at radius 3 is 3.00 bits per heavy atom. The van der Waals surface area contributed by atoms with Gasteiger partial charge in [0.05, 0.1) is 0 Å².